The van der Waals surface area contributed by atoms with E-state index in [2.05, 4.69) is 21.3 Å². The Morgan fingerprint density at radius 3 is 3.20 bits per heavy atom. The van der Waals surface area contributed by atoms with Crippen LogP contribution in [-0.4, -0.2) is 30.4 Å². The van der Waals surface area contributed by atoms with Crippen molar-refractivity contribution in [1.82, 2.24) is 16.0 Å². The van der Waals surface area contributed by atoms with Gasteiger partial charge in [0.2, 0.25) is 5.88 Å². The van der Waals surface area contributed by atoms with Gasteiger partial charge in [-0.25, -0.2) is 10.3 Å². The maximum atomic E-state index is 11.4. The molecule has 2 rings (SSSR count). The van der Waals surface area contributed by atoms with E-state index in [-0.39, 0.29) is 12.1 Å². The van der Waals surface area contributed by atoms with E-state index in [0.29, 0.717) is 19.0 Å². The number of hydrogen-bond acceptors (Lipinski definition) is 5. The van der Waals surface area contributed by atoms with Crippen LogP contribution in [0, 0.1) is 6.92 Å². The van der Waals surface area contributed by atoms with E-state index in [1.165, 1.54) is 0 Å². The molecule has 1 unspecified atom stereocenters. The molecule has 82 valence electrons. The van der Waals surface area contributed by atoms with Crippen LogP contribution in [0.5, 0.6) is 0 Å². The molecule has 0 aliphatic carbocycles. The first-order chi connectivity index (χ1) is 7.24. The topological polar surface area (TPSA) is 88.4 Å². The second-order valence-electron chi connectivity index (χ2n) is 3.29. The molecule has 1 aromatic heterocycles. The summed E-state index contributed by atoms with van der Waals surface area (Å²) in [5.74, 6) is 0.330. The van der Waals surface area contributed by atoms with E-state index in [1.807, 2.05) is 0 Å². The summed E-state index contributed by atoms with van der Waals surface area (Å²) in [5, 5.41) is 8.89. The minimum Gasteiger partial charge on any atom is -0.338 e. The molecule has 1 aliphatic rings. The Balaban J connectivity index is 1.81. The van der Waals surface area contributed by atoms with Gasteiger partial charge in [0.25, 0.3) is 0 Å². The summed E-state index contributed by atoms with van der Waals surface area (Å²) in [7, 11) is 0. The van der Waals surface area contributed by atoms with Crippen molar-refractivity contribution in [3.05, 3.63) is 11.8 Å². The molecule has 0 bridgehead atoms. The van der Waals surface area contributed by atoms with Gasteiger partial charge >= 0.3 is 6.03 Å². The monoisotopic (exact) mass is 212 g/mol. The summed E-state index contributed by atoms with van der Waals surface area (Å²) in [4.78, 5) is 16.3. The van der Waals surface area contributed by atoms with Gasteiger partial charge in [-0.15, -0.1) is 0 Å². The number of anilines is 1. The number of rotatable bonds is 2. The van der Waals surface area contributed by atoms with Crippen LogP contribution in [0.1, 0.15) is 5.69 Å². The van der Waals surface area contributed by atoms with Crippen molar-refractivity contribution in [1.29, 1.82) is 0 Å². The molecule has 2 heterocycles. The lowest BCUT2D eigenvalue weighted by molar-refractivity contribution is 0.0996. The van der Waals surface area contributed by atoms with E-state index in [1.54, 1.807) is 13.0 Å². The SMILES string of the molecule is Cc1cc(NC(=O)NC2CNOC2)on1. The number of hydrogen-bond donors (Lipinski definition) is 3. The molecular formula is C8H12N4O3. The summed E-state index contributed by atoms with van der Waals surface area (Å²) in [6, 6.07) is 1.29. The molecule has 1 aromatic rings. The zero-order valence-corrected chi connectivity index (χ0v) is 8.24. The molecule has 15 heavy (non-hydrogen) atoms. The number of aryl methyl sites for hydroxylation is 1. The van der Waals surface area contributed by atoms with Crippen molar-refractivity contribution in [3.63, 3.8) is 0 Å². The molecular weight excluding hydrogens is 200 g/mol. The first-order valence-corrected chi connectivity index (χ1v) is 4.59. The number of nitrogens with one attached hydrogen (secondary N) is 3. The van der Waals surface area contributed by atoms with Crippen LogP contribution < -0.4 is 16.1 Å². The quantitative estimate of drug-likeness (QED) is 0.642. The lowest BCUT2D eigenvalue weighted by Crippen LogP contribution is -2.40. The maximum absolute atomic E-state index is 11.4. The van der Waals surface area contributed by atoms with Crippen molar-refractivity contribution >= 4 is 11.9 Å². The molecule has 0 aromatic carbocycles. The molecule has 7 nitrogen and oxygen atoms in total. The summed E-state index contributed by atoms with van der Waals surface area (Å²) >= 11 is 0. The molecule has 0 saturated carbocycles. The van der Waals surface area contributed by atoms with Crippen molar-refractivity contribution in [2.24, 2.45) is 0 Å². The van der Waals surface area contributed by atoms with Crippen LogP contribution in [-0.2, 0) is 4.84 Å². The smallest absolute Gasteiger partial charge is 0.321 e. The van der Waals surface area contributed by atoms with Gasteiger partial charge in [0, 0.05) is 12.6 Å². The zero-order valence-electron chi connectivity index (χ0n) is 8.24. The first kappa shape index (κ1) is 9.94. The van der Waals surface area contributed by atoms with Crippen LogP contribution in [0.25, 0.3) is 0 Å². The standard InChI is InChI=1S/C8H12N4O3/c1-5-2-7(15-12-5)11-8(13)10-6-3-9-14-4-6/h2,6,9H,3-4H2,1H3,(H2,10,11,13). The Kier molecular flexibility index (Phi) is 2.84. The van der Waals surface area contributed by atoms with Crippen LogP contribution in [0.15, 0.2) is 10.6 Å². The summed E-state index contributed by atoms with van der Waals surface area (Å²) in [6.07, 6.45) is 0. The largest absolute Gasteiger partial charge is 0.338 e. The molecule has 1 fully saturated rings. The number of carbonyl (C=O) groups is 1. The molecule has 7 heteroatoms. The van der Waals surface area contributed by atoms with E-state index in [0.717, 1.165) is 5.69 Å². The van der Waals surface area contributed by atoms with E-state index < -0.39 is 0 Å². The Hall–Kier alpha value is -1.60. The van der Waals surface area contributed by atoms with Gasteiger partial charge in [-0.1, -0.05) is 5.16 Å². The Morgan fingerprint density at radius 2 is 2.60 bits per heavy atom. The van der Waals surface area contributed by atoms with Crippen molar-refractivity contribution in [3.8, 4) is 0 Å². The fourth-order valence-electron chi connectivity index (χ4n) is 1.23. The number of carbonyl (C=O) groups excluding carboxylic acids is 1. The average Bonchev–Trinajstić information content (AvgIpc) is 2.77. The van der Waals surface area contributed by atoms with Crippen molar-refractivity contribution < 1.29 is 14.2 Å². The minimum atomic E-state index is -0.330. The van der Waals surface area contributed by atoms with Gasteiger partial charge < -0.3 is 9.84 Å². The summed E-state index contributed by atoms with van der Waals surface area (Å²) < 4.78 is 4.83. The number of aromatic nitrogens is 1. The highest BCUT2D eigenvalue weighted by molar-refractivity contribution is 5.88. The predicted molar refractivity (Wildman–Crippen MR) is 51.1 cm³/mol. The van der Waals surface area contributed by atoms with Crippen LogP contribution in [0.3, 0.4) is 0 Å². The first-order valence-electron chi connectivity index (χ1n) is 4.59. The average molecular weight is 212 g/mol. The second-order valence-corrected chi connectivity index (χ2v) is 3.29. The fraction of sp³-hybridized carbons (Fsp3) is 0.500. The van der Waals surface area contributed by atoms with Gasteiger partial charge in [0.05, 0.1) is 18.3 Å². The summed E-state index contributed by atoms with van der Waals surface area (Å²) in [6.45, 7) is 2.84. The van der Waals surface area contributed by atoms with E-state index in [9.17, 15) is 4.79 Å². The fourth-order valence-corrected chi connectivity index (χ4v) is 1.23. The zero-order chi connectivity index (χ0) is 10.7. The Morgan fingerprint density at radius 1 is 1.73 bits per heavy atom. The Bertz CT molecular complexity index is 345. The highest BCUT2D eigenvalue weighted by Crippen LogP contribution is 2.07. The molecule has 0 radical (unpaired) electrons. The van der Waals surface area contributed by atoms with Crippen molar-refractivity contribution in [2.75, 3.05) is 18.5 Å². The number of urea groups is 1. The van der Waals surface area contributed by atoms with Gasteiger partial charge in [-0.2, -0.15) is 0 Å². The Labute approximate surface area is 86.1 Å². The lowest BCUT2D eigenvalue weighted by atomic mass is 10.3. The van der Waals surface area contributed by atoms with Gasteiger partial charge in [0.15, 0.2) is 0 Å². The number of hydroxylamine groups is 1. The molecule has 1 atom stereocenters. The maximum Gasteiger partial charge on any atom is 0.321 e. The third-order valence-electron chi connectivity index (χ3n) is 1.92. The van der Waals surface area contributed by atoms with Crippen molar-refractivity contribution in [2.45, 2.75) is 13.0 Å². The molecule has 1 aliphatic heterocycles. The van der Waals surface area contributed by atoms with Gasteiger partial charge in [0.1, 0.15) is 0 Å². The molecule has 2 amide bonds. The van der Waals surface area contributed by atoms with E-state index >= 15 is 0 Å². The normalized spacial score (nSPS) is 20.2. The second kappa shape index (κ2) is 4.28. The predicted octanol–water partition coefficient (Wildman–Crippen LogP) is 0.00792. The lowest BCUT2D eigenvalue weighted by Gasteiger charge is -2.08. The number of amides is 2. The molecule has 1 saturated heterocycles. The highest BCUT2D eigenvalue weighted by atomic mass is 16.7. The van der Waals surface area contributed by atoms with Crippen LogP contribution in [0.2, 0.25) is 0 Å². The minimum absolute atomic E-state index is 0.0194. The number of nitrogens with zero attached hydrogens (tertiary/aromatic N) is 1. The highest BCUT2D eigenvalue weighted by Gasteiger charge is 2.18. The molecule has 3 N–H and O–H groups in total. The third-order valence-corrected chi connectivity index (χ3v) is 1.92. The van der Waals surface area contributed by atoms with Crippen LogP contribution in [0.4, 0.5) is 10.7 Å². The van der Waals surface area contributed by atoms with Gasteiger partial charge in [-0.05, 0) is 6.92 Å². The van der Waals surface area contributed by atoms with E-state index in [4.69, 9.17) is 9.36 Å². The van der Waals surface area contributed by atoms with Crippen LogP contribution >= 0.6 is 0 Å². The van der Waals surface area contributed by atoms with Gasteiger partial charge in [-0.3, -0.25) is 10.2 Å². The molecule has 0 spiro atoms. The summed E-state index contributed by atoms with van der Waals surface area (Å²) in [5.41, 5.74) is 3.39. The third kappa shape index (κ3) is 2.67.